The number of rotatable bonds is 8. The monoisotopic (exact) mass is 543 g/mol. The van der Waals surface area contributed by atoms with Crippen molar-refractivity contribution in [3.05, 3.63) is 35.9 Å². The lowest BCUT2D eigenvalue weighted by Crippen LogP contribution is -2.60. The van der Waals surface area contributed by atoms with Crippen molar-refractivity contribution in [3.8, 4) is 0 Å². The highest BCUT2D eigenvalue weighted by Crippen LogP contribution is 2.33. The number of amides is 2. The molecule has 3 fully saturated rings. The van der Waals surface area contributed by atoms with Crippen LogP contribution in [0, 0.1) is 5.92 Å². The van der Waals surface area contributed by atoms with Crippen LogP contribution >= 0.6 is 0 Å². The molecule has 9 nitrogen and oxygen atoms in total. The molecule has 0 bridgehead atoms. The fourth-order valence-corrected chi connectivity index (χ4v) is 5.86. The number of carbonyl (C=O) groups is 3. The number of benzene rings is 1. The van der Waals surface area contributed by atoms with Crippen molar-refractivity contribution in [2.24, 2.45) is 5.92 Å². The molecular formula is C30H45N3O6. The molecule has 1 unspecified atom stereocenters. The Morgan fingerprint density at radius 2 is 1.72 bits per heavy atom. The Morgan fingerprint density at radius 3 is 2.36 bits per heavy atom. The normalized spacial score (nSPS) is 25.4. The van der Waals surface area contributed by atoms with Gasteiger partial charge in [-0.1, -0.05) is 30.3 Å². The van der Waals surface area contributed by atoms with Crippen LogP contribution in [0.3, 0.4) is 0 Å². The lowest BCUT2D eigenvalue weighted by molar-refractivity contribution is -0.167. The van der Waals surface area contributed by atoms with E-state index in [9.17, 15) is 14.4 Å². The third kappa shape index (κ3) is 7.94. The molecule has 1 saturated carbocycles. The molecular weight excluding hydrogens is 498 g/mol. The summed E-state index contributed by atoms with van der Waals surface area (Å²) >= 11 is 0. The molecule has 2 aliphatic heterocycles. The van der Waals surface area contributed by atoms with E-state index in [1.165, 1.54) is 0 Å². The Bertz CT molecular complexity index is 973. The van der Waals surface area contributed by atoms with Gasteiger partial charge in [0.25, 0.3) is 0 Å². The van der Waals surface area contributed by atoms with Gasteiger partial charge in [-0.05, 0) is 71.8 Å². The number of ether oxygens (including phenoxy) is 3. The maximum absolute atomic E-state index is 13.3. The first-order chi connectivity index (χ1) is 18.6. The highest BCUT2D eigenvalue weighted by atomic mass is 16.6. The highest BCUT2D eigenvalue weighted by Gasteiger charge is 2.43. The molecule has 216 valence electrons. The minimum absolute atomic E-state index is 0.0424. The number of esters is 1. The van der Waals surface area contributed by atoms with Crippen molar-refractivity contribution in [2.75, 3.05) is 32.8 Å². The summed E-state index contributed by atoms with van der Waals surface area (Å²) in [5, 5.41) is 0. The van der Waals surface area contributed by atoms with Crippen LogP contribution in [0.1, 0.15) is 71.8 Å². The SMILES string of the molecule is CCOC(=O)[C@H]1CC[C@H](OC([C@@H]2CCCN2C(=O)OC(C)(C)C)N2CCN(Cc3ccccc3)C(=O)C2)CC1. The van der Waals surface area contributed by atoms with Crippen LogP contribution in [0.5, 0.6) is 0 Å². The van der Waals surface area contributed by atoms with E-state index in [1.807, 2.05) is 62.9 Å². The van der Waals surface area contributed by atoms with Gasteiger partial charge in [-0.3, -0.25) is 14.5 Å². The second-order valence-corrected chi connectivity index (χ2v) is 11.9. The number of hydrogen-bond donors (Lipinski definition) is 0. The molecule has 2 amide bonds. The summed E-state index contributed by atoms with van der Waals surface area (Å²) < 4.78 is 17.7. The highest BCUT2D eigenvalue weighted by molar-refractivity contribution is 5.79. The summed E-state index contributed by atoms with van der Waals surface area (Å²) in [6.07, 6.45) is 3.81. The van der Waals surface area contributed by atoms with Crippen LogP contribution in [0.15, 0.2) is 30.3 Å². The molecule has 0 N–H and O–H groups in total. The quantitative estimate of drug-likeness (QED) is 0.454. The number of hydrogen-bond acceptors (Lipinski definition) is 7. The fourth-order valence-electron chi connectivity index (χ4n) is 5.86. The lowest BCUT2D eigenvalue weighted by atomic mass is 9.87. The van der Waals surface area contributed by atoms with E-state index >= 15 is 0 Å². The summed E-state index contributed by atoms with van der Waals surface area (Å²) in [7, 11) is 0. The van der Waals surface area contributed by atoms with Crippen molar-refractivity contribution < 1.29 is 28.6 Å². The molecule has 0 aromatic heterocycles. The zero-order valence-electron chi connectivity index (χ0n) is 24.0. The molecule has 1 aliphatic carbocycles. The third-order valence-corrected chi connectivity index (χ3v) is 7.81. The van der Waals surface area contributed by atoms with Crippen molar-refractivity contribution in [2.45, 2.75) is 96.7 Å². The summed E-state index contributed by atoms with van der Waals surface area (Å²) in [4.78, 5) is 44.5. The van der Waals surface area contributed by atoms with E-state index < -0.39 is 11.8 Å². The second-order valence-electron chi connectivity index (χ2n) is 11.9. The maximum Gasteiger partial charge on any atom is 0.410 e. The Kier molecular flexibility index (Phi) is 9.88. The average molecular weight is 544 g/mol. The Labute approximate surface area is 232 Å². The van der Waals surface area contributed by atoms with Gasteiger partial charge in [0.15, 0.2) is 0 Å². The summed E-state index contributed by atoms with van der Waals surface area (Å²) in [6, 6.07) is 9.83. The predicted molar refractivity (Wildman–Crippen MR) is 147 cm³/mol. The van der Waals surface area contributed by atoms with Gasteiger partial charge in [-0.25, -0.2) is 4.79 Å². The molecule has 3 aliphatic rings. The maximum atomic E-state index is 13.3. The van der Waals surface area contributed by atoms with Gasteiger partial charge >= 0.3 is 12.1 Å². The number of nitrogens with zero attached hydrogens (tertiary/aromatic N) is 3. The molecule has 2 saturated heterocycles. The average Bonchev–Trinajstić information content (AvgIpc) is 3.39. The summed E-state index contributed by atoms with van der Waals surface area (Å²) in [5.41, 5.74) is 0.516. The molecule has 0 spiro atoms. The molecule has 2 atom stereocenters. The molecule has 4 rings (SSSR count). The van der Waals surface area contributed by atoms with Gasteiger partial charge < -0.3 is 24.0 Å². The Morgan fingerprint density at radius 1 is 1.00 bits per heavy atom. The summed E-state index contributed by atoms with van der Waals surface area (Å²) in [5.74, 6) is -0.151. The van der Waals surface area contributed by atoms with Crippen molar-refractivity contribution in [3.63, 3.8) is 0 Å². The van der Waals surface area contributed by atoms with Crippen molar-refractivity contribution in [1.82, 2.24) is 14.7 Å². The summed E-state index contributed by atoms with van der Waals surface area (Å²) in [6.45, 7) is 10.5. The van der Waals surface area contributed by atoms with E-state index in [0.29, 0.717) is 32.8 Å². The van der Waals surface area contributed by atoms with Gasteiger partial charge in [0, 0.05) is 26.2 Å². The van der Waals surface area contributed by atoms with Crippen molar-refractivity contribution >= 4 is 18.0 Å². The van der Waals surface area contributed by atoms with Gasteiger partial charge in [0.1, 0.15) is 11.8 Å². The number of carbonyl (C=O) groups excluding carboxylic acids is 3. The molecule has 9 heteroatoms. The van der Waals surface area contributed by atoms with E-state index in [-0.39, 0.29) is 42.6 Å². The van der Waals surface area contributed by atoms with Crippen LogP contribution in [-0.4, -0.2) is 89.4 Å². The van der Waals surface area contributed by atoms with Crippen LogP contribution in [0.2, 0.25) is 0 Å². The van der Waals surface area contributed by atoms with Gasteiger partial charge in [0.05, 0.1) is 31.2 Å². The van der Waals surface area contributed by atoms with E-state index in [1.54, 1.807) is 4.90 Å². The Hall–Kier alpha value is -2.65. The van der Waals surface area contributed by atoms with Crippen molar-refractivity contribution in [1.29, 1.82) is 0 Å². The standard InChI is InChI=1S/C30H45N3O6/c1-5-37-28(35)23-13-15-24(16-14-23)38-27(25-12-9-17-33(25)29(36)39-30(2,3)4)32-19-18-31(26(34)21-32)20-22-10-7-6-8-11-22/h6-8,10-11,23-25,27H,5,9,12-21H2,1-4H3/t23-,24-,25-,27?/m0/s1. The minimum atomic E-state index is -0.592. The number of likely N-dealkylation sites (tertiary alicyclic amines) is 1. The molecule has 0 radical (unpaired) electrons. The van der Waals surface area contributed by atoms with Gasteiger partial charge in [0.2, 0.25) is 5.91 Å². The number of piperazine rings is 1. The smallest absolute Gasteiger partial charge is 0.410 e. The van der Waals surface area contributed by atoms with Crippen LogP contribution in [0.25, 0.3) is 0 Å². The third-order valence-electron chi connectivity index (χ3n) is 7.81. The largest absolute Gasteiger partial charge is 0.466 e. The molecule has 1 aromatic carbocycles. The topological polar surface area (TPSA) is 88.6 Å². The zero-order valence-corrected chi connectivity index (χ0v) is 24.0. The Balaban J connectivity index is 1.46. The lowest BCUT2D eigenvalue weighted by Gasteiger charge is -2.44. The van der Waals surface area contributed by atoms with E-state index in [2.05, 4.69) is 4.90 Å². The second kappa shape index (κ2) is 13.1. The zero-order chi connectivity index (χ0) is 28.0. The fraction of sp³-hybridized carbons (Fsp3) is 0.700. The first-order valence-corrected chi connectivity index (χ1v) is 14.5. The van der Waals surface area contributed by atoms with Crippen LogP contribution in [0.4, 0.5) is 4.79 Å². The van der Waals surface area contributed by atoms with E-state index in [4.69, 9.17) is 14.2 Å². The van der Waals surface area contributed by atoms with Crippen LogP contribution in [-0.2, 0) is 30.3 Å². The molecule has 39 heavy (non-hydrogen) atoms. The predicted octanol–water partition coefficient (Wildman–Crippen LogP) is 4.19. The first-order valence-electron chi connectivity index (χ1n) is 14.5. The van der Waals surface area contributed by atoms with Gasteiger partial charge in [-0.2, -0.15) is 0 Å². The van der Waals surface area contributed by atoms with Gasteiger partial charge in [-0.15, -0.1) is 0 Å². The van der Waals surface area contributed by atoms with E-state index in [0.717, 1.165) is 44.1 Å². The first kappa shape index (κ1) is 29.3. The molecule has 2 heterocycles. The molecule has 1 aromatic rings. The minimum Gasteiger partial charge on any atom is -0.466 e. The van der Waals surface area contributed by atoms with Crippen LogP contribution < -0.4 is 0 Å².